The minimum Gasteiger partial charge on any atom is -0.364 e. The molecule has 0 aromatic carbocycles. The van der Waals surface area contributed by atoms with E-state index in [1.807, 2.05) is 13.0 Å². The van der Waals surface area contributed by atoms with E-state index in [-0.39, 0.29) is 5.91 Å². The average molecular weight is 272 g/mol. The molecule has 2 heterocycles. The summed E-state index contributed by atoms with van der Waals surface area (Å²) < 4.78 is 4.97. The van der Waals surface area contributed by atoms with Crippen LogP contribution < -0.4 is 10.6 Å². The third kappa shape index (κ3) is 3.68. The summed E-state index contributed by atoms with van der Waals surface area (Å²) in [5.41, 5.74) is 1.31. The largest absolute Gasteiger partial charge is 0.364 e. The van der Waals surface area contributed by atoms with Crippen LogP contribution in [0.4, 0.5) is 5.82 Å². The molecule has 104 valence electrons. The van der Waals surface area contributed by atoms with E-state index in [0.717, 1.165) is 11.5 Å². The molecule has 20 heavy (non-hydrogen) atoms. The number of nitrogens with zero attached hydrogens (tertiary/aromatic N) is 2. The molecule has 0 bridgehead atoms. The summed E-state index contributed by atoms with van der Waals surface area (Å²) >= 11 is 0. The molecule has 2 aromatic heterocycles. The standard InChI is InChI=1S/C14H16N4O2/c1-3-6-15-14(19)11-4-5-13(16-8-11)17-9-12-7-10(2)20-18-12/h3-5,7-8H,1,6,9H2,2H3,(H,15,19)(H,16,17). The van der Waals surface area contributed by atoms with Crippen LogP contribution in [0.2, 0.25) is 0 Å². The SMILES string of the molecule is C=CCNC(=O)c1ccc(NCc2cc(C)on2)nc1. The first kappa shape index (κ1) is 13.8. The molecule has 6 nitrogen and oxygen atoms in total. The summed E-state index contributed by atoms with van der Waals surface area (Å²) in [6, 6.07) is 5.31. The number of rotatable bonds is 6. The van der Waals surface area contributed by atoms with Gasteiger partial charge in [-0.05, 0) is 19.1 Å². The lowest BCUT2D eigenvalue weighted by atomic mass is 10.2. The Hall–Kier alpha value is -2.63. The Morgan fingerprint density at radius 3 is 2.95 bits per heavy atom. The van der Waals surface area contributed by atoms with Gasteiger partial charge >= 0.3 is 0 Å². The van der Waals surface area contributed by atoms with Crippen LogP contribution in [0.25, 0.3) is 0 Å². The maximum Gasteiger partial charge on any atom is 0.253 e. The molecular weight excluding hydrogens is 256 g/mol. The minimum absolute atomic E-state index is 0.170. The zero-order chi connectivity index (χ0) is 14.4. The highest BCUT2D eigenvalue weighted by atomic mass is 16.5. The van der Waals surface area contributed by atoms with Crippen LogP contribution in [0.1, 0.15) is 21.8 Å². The Labute approximate surface area is 116 Å². The second-order valence-electron chi connectivity index (χ2n) is 4.21. The molecule has 0 aliphatic carbocycles. The van der Waals surface area contributed by atoms with Gasteiger partial charge in [-0.2, -0.15) is 0 Å². The second kappa shape index (κ2) is 6.51. The van der Waals surface area contributed by atoms with E-state index in [2.05, 4.69) is 27.4 Å². The van der Waals surface area contributed by atoms with Crippen molar-refractivity contribution in [1.82, 2.24) is 15.5 Å². The molecule has 0 aliphatic rings. The number of amides is 1. The number of hydrogen-bond donors (Lipinski definition) is 2. The van der Waals surface area contributed by atoms with E-state index < -0.39 is 0 Å². The van der Waals surface area contributed by atoms with Crippen LogP contribution in [0.15, 0.2) is 41.6 Å². The zero-order valence-corrected chi connectivity index (χ0v) is 11.2. The lowest BCUT2D eigenvalue weighted by molar-refractivity contribution is 0.0957. The van der Waals surface area contributed by atoms with Crippen LogP contribution in [-0.2, 0) is 6.54 Å². The normalized spacial score (nSPS) is 10.1. The minimum atomic E-state index is -0.170. The van der Waals surface area contributed by atoms with Crippen molar-refractivity contribution in [2.75, 3.05) is 11.9 Å². The van der Waals surface area contributed by atoms with Crippen molar-refractivity contribution in [3.63, 3.8) is 0 Å². The molecule has 0 spiro atoms. The van der Waals surface area contributed by atoms with Gasteiger partial charge in [0.2, 0.25) is 0 Å². The fourth-order valence-corrected chi connectivity index (χ4v) is 1.58. The van der Waals surface area contributed by atoms with Crippen molar-refractivity contribution in [3.8, 4) is 0 Å². The summed E-state index contributed by atoms with van der Waals surface area (Å²) in [7, 11) is 0. The maximum atomic E-state index is 11.7. The molecule has 0 atom stereocenters. The van der Waals surface area contributed by atoms with Gasteiger partial charge in [-0.1, -0.05) is 11.2 Å². The van der Waals surface area contributed by atoms with Gasteiger partial charge in [0.05, 0.1) is 12.1 Å². The third-order valence-corrected chi connectivity index (χ3v) is 2.56. The van der Waals surface area contributed by atoms with Crippen LogP contribution in [0.5, 0.6) is 0 Å². The fourth-order valence-electron chi connectivity index (χ4n) is 1.58. The van der Waals surface area contributed by atoms with E-state index in [1.165, 1.54) is 6.20 Å². The summed E-state index contributed by atoms with van der Waals surface area (Å²) in [5.74, 6) is 1.27. The molecular formula is C14H16N4O2. The van der Waals surface area contributed by atoms with Crippen LogP contribution >= 0.6 is 0 Å². The van der Waals surface area contributed by atoms with E-state index in [1.54, 1.807) is 18.2 Å². The number of anilines is 1. The number of nitrogens with one attached hydrogen (secondary N) is 2. The topological polar surface area (TPSA) is 80.0 Å². The molecule has 6 heteroatoms. The van der Waals surface area contributed by atoms with Crippen LogP contribution in [0, 0.1) is 6.92 Å². The smallest absolute Gasteiger partial charge is 0.253 e. The van der Waals surface area contributed by atoms with E-state index in [0.29, 0.717) is 24.5 Å². The van der Waals surface area contributed by atoms with Gasteiger partial charge in [0.15, 0.2) is 0 Å². The van der Waals surface area contributed by atoms with Gasteiger partial charge in [0, 0.05) is 18.8 Å². The molecule has 2 rings (SSSR count). The molecule has 0 saturated carbocycles. The molecule has 2 aromatic rings. The number of carbonyl (C=O) groups excluding carboxylic acids is 1. The zero-order valence-electron chi connectivity index (χ0n) is 11.2. The first-order chi connectivity index (χ1) is 9.69. The van der Waals surface area contributed by atoms with Crippen molar-refractivity contribution in [3.05, 3.63) is 54.1 Å². The van der Waals surface area contributed by atoms with Gasteiger partial charge in [-0.25, -0.2) is 4.98 Å². The first-order valence-corrected chi connectivity index (χ1v) is 6.20. The quantitative estimate of drug-likeness (QED) is 0.785. The number of aromatic nitrogens is 2. The third-order valence-electron chi connectivity index (χ3n) is 2.56. The summed E-state index contributed by atoms with van der Waals surface area (Å²) in [4.78, 5) is 15.8. The highest BCUT2D eigenvalue weighted by molar-refractivity contribution is 5.94. The van der Waals surface area contributed by atoms with Crippen molar-refractivity contribution in [2.45, 2.75) is 13.5 Å². The van der Waals surface area contributed by atoms with E-state index >= 15 is 0 Å². The summed E-state index contributed by atoms with van der Waals surface area (Å²) in [6.07, 6.45) is 3.15. The summed E-state index contributed by atoms with van der Waals surface area (Å²) in [6.45, 7) is 6.34. The molecule has 0 fully saturated rings. The lowest BCUT2D eigenvalue weighted by Crippen LogP contribution is -2.23. The highest BCUT2D eigenvalue weighted by Gasteiger charge is 2.05. The maximum absolute atomic E-state index is 11.7. The van der Waals surface area contributed by atoms with Gasteiger partial charge in [0.1, 0.15) is 17.3 Å². The highest BCUT2D eigenvalue weighted by Crippen LogP contribution is 2.08. The fraction of sp³-hybridized carbons (Fsp3) is 0.214. The van der Waals surface area contributed by atoms with E-state index in [9.17, 15) is 4.79 Å². The van der Waals surface area contributed by atoms with Crippen LogP contribution in [-0.4, -0.2) is 22.6 Å². The van der Waals surface area contributed by atoms with Gasteiger partial charge in [0.25, 0.3) is 5.91 Å². The van der Waals surface area contributed by atoms with Crippen molar-refractivity contribution in [2.24, 2.45) is 0 Å². The molecule has 1 amide bonds. The van der Waals surface area contributed by atoms with Gasteiger partial charge in [-0.3, -0.25) is 4.79 Å². The first-order valence-electron chi connectivity index (χ1n) is 6.20. The number of aryl methyl sites for hydroxylation is 1. The van der Waals surface area contributed by atoms with Crippen LogP contribution in [0.3, 0.4) is 0 Å². The Bertz CT molecular complexity index is 589. The summed E-state index contributed by atoms with van der Waals surface area (Å²) in [5, 5.41) is 9.66. The van der Waals surface area contributed by atoms with Gasteiger partial charge < -0.3 is 15.2 Å². The molecule has 2 N–H and O–H groups in total. The number of pyridine rings is 1. The molecule has 0 unspecified atom stereocenters. The predicted molar refractivity (Wildman–Crippen MR) is 75.3 cm³/mol. The number of carbonyl (C=O) groups is 1. The van der Waals surface area contributed by atoms with E-state index in [4.69, 9.17) is 4.52 Å². The number of hydrogen-bond acceptors (Lipinski definition) is 5. The molecule has 0 saturated heterocycles. The Morgan fingerprint density at radius 1 is 1.50 bits per heavy atom. The van der Waals surface area contributed by atoms with Crippen molar-refractivity contribution >= 4 is 11.7 Å². The average Bonchev–Trinajstić information content (AvgIpc) is 2.89. The monoisotopic (exact) mass is 272 g/mol. The Morgan fingerprint density at radius 2 is 2.35 bits per heavy atom. The molecule has 0 aliphatic heterocycles. The Kier molecular flexibility index (Phi) is 4.49. The van der Waals surface area contributed by atoms with Gasteiger partial charge in [-0.15, -0.1) is 6.58 Å². The van der Waals surface area contributed by atoms with Crippen molar-refractivity contribution in [1.29, 1.82) is 0 Å². The second-order valence-corrected chi connectivity index (χ2v) is 4.21. The van der Waals surface area contributed by atoms with Crippen molar-refractivity contribution < 1.29 is 9.32 Å². The predicted octanol–water partition coefficient (Wildman–Crippen LogP) is 1.91. The lowest BCUT2D eigenvalue weighted by Gasteiger charge is -2.05. The Balaban J connectivity index is 1.91. The molecule has 0 radical (unpaired) electrons.